The van der Waals surface area contributed by atoms with E-state index in [-0.39, 0.29) is 17.8 Å². The second-order valence-electron chi connectivity index (χ2n) is 4.48. The maximum absolute atomic E-state index is 9.08. The van der Waals surface area contributed by atoms with Crippen molar-refractivity contribution < 1.29 is 14.9 Å². The van der Waals surface area contributed by atoms with Crippen molar-refractivity contribution in [3.8, 4) is 5.75 Å². The van der Waals surface area contributed by atoms with E-state index in [4.69, 9.17) is 14.9 Å². The molecule has 0 radical (unpaired) electrons. The van der Waals surface area contributed by atoms with Crippen LogP contribution in [0, 0.1) is 5.41 Å². The van der Waals surface area contributed by atoms with Crippen molar-refractivity contribution in [2.24, 2.45) is 5.41 Å². The number of aliphatic hydroxyl groups excluding tert-OH is 1. The van der Waals surface area contributed by atoms with Crippen molar-refractivity contribution >= 4 is 0 Å². The summed E-state index contributed by atoms with van der Waals surface area (Å²) in [6.07, 6.45) is 0. The number of hydrogen-bond acceptors (Lipinski definition) is 3. The Bertz CT molecular complexity index is 290. The molecule has 0 fully saturated rings. The standard InChI is InChI=1S/C12H18O3/c1-12(2,8-13)9-15-7-10-3-5-11(14)6-4-10/h3-6,13-14H,7-9H2,1-2H3. The molecule has 15 heavy (non-hydrogen) atoms. The number of aliphatic hydroxyl groups is 1. The number of rotatable bonds is 5. The fraction of sp³-hybridized carbons (Fsp3) is 0.500. The van der Waals surface area contributed by atoms with Crippen LogP contribution in [0.3, 0.4) is 0 Å². The van der Waals surface area contributed by atoms with Crippen LogP contribution in [0.5, 0.6) is 5.75 Å². The van der Waals surface area contributed by atoms with Gasteiger partial charge in [0.1, 0.15) is 5.75 Å². The molecule has 3 heteroatoms. The van der Waals surface area contributed by atoms with E-state index in [1.165, 1.54) is 0 Å². The predicted octanol–water partition coefficient (Wildman–Crippen LogP) is 1.93. The minimum absolute atomic E-state index is 0.114. The van der Waals surface area contributed by atoms with Gasteiger partial charge in [-0.2, -0.15) is 0 Å². The highest BCUT2D eigenvalue weighted by atomic mass is 16.5. The molecule has 0 amide bonds. The van der Waals surface area contributed by atoms with Gasteiger partial charge in [-0.3, -0.25) is 0 Å². The molecule has 0 aliphatic heterocycles. The lowest BCUT2D eigenvalue weighted by molar-refractivity contribution is 0.0197. The third-order valence-corrected chi connectivity index (χ3v) is 2.13. The van der Waals surface area contributed by atoms with Crippen molar-refractivity contribution in [2.45, 2.75) is 20.5 Å². The van der Waals surface area contributed by atoms with E-state index < -0.39 is 0 Å². The molecule has 0 unspecified atom stereocenters. The van der Waals surface area contributed by atoms with Gasteiger partial charge in [-0.1, -0.05) is 26.0 Å². The third kappa shape index (κ3) is 4.32. The van der Waals surface area contributed by atoms with E-state index in [1.807, 2.05) is 26.0 Å². The molecule has 0 atom stereocenters. The summed E-state index contributed by atoms with van der Waals surface area (Å²) in [5.41, 5.74) is 0.818. The molecule has 0 aliphatic rings. The number of ether oxygens (including phenoxy) is 1. The predicted molar refractivity (Wildman–Crippen MR) is 58.6 cm³/mol. The highest BCUT2D eigenvalue weighted by Gasteiger charge is 2.16. The van der Waals surface area contributed by atoms with Crippen molar-refractivity contribution in [3.63, 3.8) is 0 Å². The zero-order valence-corrected chi connectivity index (χ0v) is 9.23. The van der Waals surface area contributed by atoms with Crippen LogP contribution in [0.2, 0.25) is 0 Å². The van der Waals surface area contributed by atoms with Crippen LogP contribution in [-0.4, -0.2) is 23.4 Å². The Morgan fingerprint density at radius 1 is 1.20 bits per heavy atom. The molecule has 1 aromatic rings. The first kappa shape index (κ1) is 12.0. The van der Waals surface area contributed by atoms with Crippen LogP contribution >= 0.6 is 0 Å². The Morgan fingerprint density at radius 3 is 2.33 bits per heavy atom. The van der Waals surface area contributed by atoms with Gasteiger partial charge in [-0.15, -0.1) is 0 Å². The molecular weight excluding hydrogens is 192 g/mol. The second kappa shape index (κ2) is 5.14. The van der Waals surface area contributed by atoms with Crippen LogP contribution in [0.4, 0.5) is 0 Å². The zero-order chi connectivity index (χ0) is 11.3. The Kier molecular flexibility index (Phi) is 4.12. The molecule has 0 spiro atoms. The number of benzene rings is 1. The van der Waals surface area contributed by atoms with Gasteiger partial charge in [-0.25, -0.2) is 0 Å². The molecule has 84 valence electrons. The van der Waals surface area contributed by atoms with Gasteiger partial charge in [0.2, 0.25) is 0 Å². The van der Waals surface area contributed by atoms with Gasteiger partial charge >= 0.3 is 0 Å². The van der Waals surface area contributed by atoms with Gasteiger partial charge in [0.15, 0.2) is 0 Å². The Labute approximate surface area is 90.3 Å². The molecule has 3 nitrogen and oxygen atoms in total. The largest absolute Gasteiger partial charge is 0.508 e. The van der Waals surface area contributed by atoms with E-state index in [1.54, 1.807) is 12.1 Å². The van der Waals surface area contributed by atoms with Gasteiger partial charge in [0.05, 0.1) is 19.8 Å². The van der Waals surface area contributed by atoms with Gasteiger partial charge < -0.3 is 14.9 Å². The Morgan fingerprint density at radius 2 is 1.80 bits per heavy atom. The fourth-order valence-electron chi connectivity index (χ4n) is 1.08. The molecule has 0 aliphatic carbocycles. The summed E-state index contributed by atoms with van der Waals surface area (Å²) in [6, 6.07) is 6.91. The lowest BCUT2D eigenvalue weighted by Gasteiger charge is -2.21. The number of aromatic hydroxyl groups is 1. The smallest absolute Gasteiger partial charge is 0.115 e. The van der Waals surface area contributed by atoms with E-state index in [9.17, 15) is 0 Å². The van der Waals surface area contributed by atoms with Crippen LogP contribution in [-0.2, 0) is 11.3 Å². The van der Waals surface area contributed by atoms with Crippen LogP contribution in [0.25, 0.3) is 0 Å². The topological polar surface area (TPSA) is 49.7 Å². The second-order valence-corrected chi connectivity index (χ2v) is 4.48. The minimum Gasteiger partial charge on any atom is -0.508 e. The molecule has 0 saturated carbocycles. The first-order valence-corrected chi connectivity index (χ1v) is 5.00. The Hall–Kier alpha value is -1.06. The van der Waals surface area contributed by atoms with Crippen molar-refractivity contribution in [2.75, 3.05) is 13.2 Å². The van der Waals surface area contributed by atoms with Gasteiger partial charge in [-0.05, 0) is 17.7 Å². The van der Waals surface area contributed by atoms with E-state index in [2.05, 4.69) is 0 Å². The fourth-order valence-corrected chi connectivity index (χ4v) is 1.08. The highest BCUT2D eigenvalue weighted by Crippen LogP contribution is 2.16. The summed E-state index contributed by atoms with van der Waals surface area (Å²) in [5.74, 6) is 0.259. The number of phenols is 1. The van der Waals surface area contributed by atoms with E-state index >= 15 is 0 Å². The van der Waals surface area contributed by atoms with Crippen molar-refractivity contribution in [1.29, 1.82) is 0 Å². The molecule has 0 aromatic heterocycles. The van der Waals surface area contributed by atoms with Crippen molar-refractivity contribution in [1.82, 2.24) is 0 Å². The summed E-state index contributed by atoms with van der Waals surface area (Å²) in [4.78, 5) is 0. The monoisotopic (exact) mass is 210 g/mol. The average Bonchev–Trinajstić information content (AvgIpc) is 2.21. The molecule has 1 rings (SSSR count). The summed E-state index contributed by atoms with van der Waals surface area (Å²) in [6.45, 7) is 5.03. The summed E-state index contributed by atoms with van der Waals surface area (Å²) >= 11 is 0. The number of phenolic OH excluding ortho intramolecular Hbond substituents is 1. The van der Waals surface area contributed by atoms with Gasteiger partial charge in [0, 0.05) is 5.41 Å². The molecule has 0 heterocycles. The Balaban J connectivity index is 2.35. The lowest BCUT2D eigenvalue weighted by Crippen LogP contribution is -2.23. The summed E-state index contributed by atoms with van der Waals surface area (Å²) in [5, 5.41) is 18.1. The molecule has 2 N–H and O–H groups in total. The molecule has 0 saturated heterocycles. The van der Waals surface area contributed by atoms with Crippen LogP contribution in [0.1, 0.15) is 19.4 Å². The summed E-state index contributed by atoms with van der Waals surface area (Å²) < 4.78 is 5.47. The molecular formula is C12H18O3. The van der Waals surface area contributed by atoms with E-state index in [0.29, 0.717) is 13.2 Å². The first-order chi connectivity index (χ1) is 7.03. The van der Waals surface area contributed by atoms with Crippen molar-refractivity contribution in [3.05, 3.63) is 29.8 Å². The normalized spacial score (nSPS) is 11.7. The highest BCUT2D eigenvalue weighted by molar-refractivity contribution is 5.25. The maximum atomic E-state index is 9.08. The quantitative estimate of drug-likeness (QED) is 0.780. The molecule has 0 bridgehead atoms. The summed E-state index contributed by atoms with van der Waals surface area (Å²) in [7, 11) is 0. The van der Waals surface area contributed by atoms with Crippen LogP contribution < -0.4 is 0 Å². The zero-order valence-electron chi connectivity index (χ0n) is 9.23. The van der Waals surface area contributed by atoms with Gasteiger partial charge in [0.25, 0.3) is 0 Å². The number of hydrogen-bond donors (Lipinski definition) is 2. The SMILES string of the molecule is CC(C)(CO)COCc1ccc(O)cc1. The lowest BCUT2D eigenvalue weighted by atomic mass is 9.97. The minimum atomic E-state index is -0.198. The third-order valence-electron chi connectivity index (χ3n) is 2.13. The average molecular weight is 210 g/mol. The maximum Gasteiger partial charge on any atom is 0.115 e. The first-order valence-electron chi connectivity index (χ1n) is 5.00. The van der Waals surface area contributed by atoms with E-state index in [0.717, 1.165) is 5.56 Å². The van der Waals surface area contributed by atoms with Crippen LogP contribution in [0.15, 0.2) is 24.3 Å². The molecule has 1 aromatic carbocycles.